The smallest absolute Gasteiger partial charge is 0.311 e. The number of hydrogen-bond donors (Lipinski definition) is 1. The average molecular weight is 465 g/mol. The highest BCUT2D eigenvalue weighted by molar-refractivity contribution is 6.06. The predicted molar refractivity (Wildman–Crippen MR) is 133 cm³/mol. The first-order valence-corrected chi connectivity index (χ1v) is 12.9. The first kappa shape index (κ1) is 23.6. The van der Waals surface area contributed by atoms with Gasteiger partial charge in [0.05, 0.1) is 12.5 Å². The van der Waals surface area contributed by atoms with Crippen molar-refractivity contribution in [1.82, 2.24) is 0 Å². The predicted octanol–water partition coefficient (Wildman–Crippen LogP) is 6.79. The van der Waals surface area contributed by atoms with Gasteiger partial charge in [-0.05, 0) is 98.2 Å². The minimum Gasteiger partial charge on any atom is -0.504 e. The molecule has 0 aromatic carbocycles. The Hall–Kier alpha value is -2.10. The Morgan fingerprint density at radius 2 is 1.68 bits per heavy atom. The Balaban J connectivity index is 1.63. The summed E-state index contributed by atoms with van der Waals surface area (Å²) in [6.07, 6.45) is 13.3. The summed E-state index contributed by atoms with van der Waals surface area (Å²) >= 11 is 0. The standard InChI is InChI=1S/C30H40O4/c1-18-19-8-9-22-28(4,20(19)16-21(31)24(18)32)13-15-30(6)23-17-27(3,25(33)34-7)11-10-26(23,2)12-14-29(22,30)5/h8-9,16,23,32H,10-15,17H2,1-7H3/t23-,26+,27+,28-,29+,30-/m0/s1. The van der Waals surface area contributed by atoms with E-state index in [1.807, 2.05) is 6.92 Å². The number of allylic oxidation sites excluding steroid dienone is 7. The molecule has 0 bridgehead atoms. The van der Waals surface area contributed by atoms with Crippen molar-refractivity contribution in [2.75, 3.05) is 7.11 Å². The van der Waals surface area contributed by atoms with Gasteiger partial charge in [0.15, 0.2) is 5.76 Å². The van der Waals surface area contributed by atoms with Crippen molar-refractivity contribution in [3.05, 3.63) is 46.3 Å². The largest absolute Gasteiger partial charge is 0.504 e. The second-order valence-corrected chi connectivity index (χ2v) is 13.1. The number of carbonyl (C=O) groups excluding carboxylic acids is 2. The van der Waals surface area contributed by atoms with Crippen LogP contribution in [0.25, 0.3) is 0 Å². The molecule has 5 aliphatic carbocycles. The van der Waals surface area contributed by atoms with Crippen LogP contribution >= 0.6 is 0 Å². The Morgan fingerprint density at radius 1 is 1.00 bits per heavy atom. The number of ether oxygens (including phenoxy) is 1. The molecule has 5 aliphatic rings. The molecule has 0 aromatic heterocycles. The summed E-state index contributed by atoms with van der Waals surface area (Å²) < 4.78 is 5.27. The molecule has 0 aliphatic heterocycles. The molecule has 4 nitrogen and oxygen atoms in total. The number of aliphatic hydroxyl groups excluding tert-OH is 1. The summed E-state index contributed by atoms with van der Waals surface area (Å²) in [5, 5.41) is 10.3. The first-order valence-electron chi connectivity index (χ1n) is 12.9. The van der Waals surface area contributed by atoms with Gasteiger partial charge in [-0.3, -0.25) is 9.59 Å². The lowest BCUT2D eigenvalue weighted by molar-refractivity contribution is -0.180. The van der Waals surface area contributed by atoms with Gasteiger partial charge in [0, 0.05) is 11.0 Å². The zero-order valence-corrected chi connectivity index (χ0v) is 21.9. The fraction of sp³-hybridized carbons (Fsp3) is 0.667. The third-order valence-corrected chi connectivity index (χ3v) is 11.6. The zero-order valence-electron chi connectivity index (χ0n) is 21.9. The molecule has 5 rings (SSSR count). The number of rotatable bonds is 1. The van der Waals surface area contributed by atoms with Crippen molar-refractivity contribution in [2.45, 2.75) is 86.5 Å². The van der Waals surface area contributed by atoms with Crippen LogP contribution in [0.3, 0.4) is 0 Å². The van der Waals surface area contributed by atoms with E-state index in [9.17, 15) is 14.7 Å². The van der Waals surface area contributed by atoms with Crippen LogP contribution in [-0.2, 0) is 14.3 Å². The summed E-state index contributed by atoms with van der Waals surface area (Å²) in [6.45, 7) is 13.7. The Kier molecular flexibility index (Phi) is 4.85. The second-order valence-electron chi connectivity index (χ2n) is 13.1. The number of hydrogen-bond acceptors (Lipinski definition) is 4. The number of methoxy groups -OCH3 is 1. The van der Waals surface area contributed by atoms with Crippen LogP contribution in [0.4, 0.5) is 0 Å². The van der Waals surface area contributed by atoms with E-state index in [-0.39, 0.29) is 39.2 Å². The number of fused-ring (bicyclic) bond motifs is 7. The summed E-state index contributed by atoms with van der Waals surface area (Å²) in [7, 11) is 1.52. The lowest BCUT2D eigenvalue weighted by Gasteiger charge is -2.70. The molecule has 3 fully saturated rings. The molecule has 184 valence electrons. The van der Waals surface area contributed by atoms with E-state index in [1.165, 1.54) is 12.7 Å². The highest BCUT2D eigenvalue weighted by Crippen LogP contribution is 2.75. The molecule has 0 spiro atoms. The van der Waals surface area contributed by atoms with Gasteiger partial charge in [-0.25, -0.2) is 0 Å². The summed E-state index contributed by atoms with van der Waals surface area (Å²) in [6, 6.07) is 0. The molecule has 0 aromatic rings. The molecular weight excluding hydrogens is 424 g/mol. The first-order chi connectivity index (χ1) is 15.8. The molecule has 3 saturated carbocycles. The molecule has 0 saturated heterocycles. The van der Waals surface area contributed by atoms with Gasteiger partial charge in [-0.15, -0.1) is 0 Å². The number of ketones is 1. The minimum atomic E-state index is -0.424. The van der Waals surface area contributed by atoms with Crippen molar-refractivity contribution in [2.24, 2.45) is 33.0 Å². The van der Waals surface area contributed by atoms with Crippen LogP contribution < -0.4 is 0 Å². The fourth-order valence-corrected chi connectivity index (χ4v) is 8.89. The van der Waals surface area contributed by atoms with E-state index in [0.29, 0.717) is 11.5 Å². The van der Waals surface area contributed by atoms with Gasteiger partial charge in [0.1, 0.15) is 0 Å². The number of esters is 1. The van der Waals surface area contributed by atoms with Gasteiger partial charge >= 0.3 is 5.97 Å². The SMILES string of the molecule is COC(=O)[C@]1(C)CC[C@]2(C)CC[C@]3(C)C4=CC=C5C(=CC(=O)C(O)=C5C)[C@]4(C)CC[C@@]3(C)[C@H]2C1. The molecule has 6 atom stereocenters. The van der Waals surface area contributed by atoms with Crippen LogP contribution in [0.2, 0.25) is 0 Å². The molecule has 34 heavy (non-hydrogen) atoms. The van der Waals surface area contributed by atoms with Crippen LogP contribution in [0.5, 0.6) is 0 Å². The average Bonchev–Trinajstić information content (AvgIpc) is 2.80. The highest BCUT2D eigenvalue weighted by atomic mass is 16.5. The Bertz CT molecular complexity index is 1120. The maximum absolute atomic E-state index is 12.8. The quantitative estimate of drug-likeness (QED) is 0.434. The van der Waals surface area contributed by atoms with Crippen molar-refractivity contribution >= 4 is 11.8 Å². The van der Waals surface area contributed by atoms with Crippen molar-refractivity contribution < 1.29 is 19.4 Å². The molecule has 1 N–H and O–H groups in total. The van der Waals surface area contributed by atoms with Gasteiger partial charge in [-0.1, -0.05) is 45.4 Å². The molecule has 0 amide bonds. The van der Waals surface area contributed by atoms with Crippen LogP contribution in [-0.4, -0.2) is 24.0 Å². The summed E-state index contributed by atoms with van der Waals surface area (Å²) in [5.74, 6) is -0.0356. The van der Waals surface area contributed by atoms with E-state index >= 15 is 0 Å². The molecule has 0 heterocycles. The number of carbonyl (C=O) groups is 2. The van der Waals surface area contributed by atoms with Gasteiger partial charge in [0.25, 0.3) is 0 Å². The zero-order chi connectivity index (χ0) is 24.9. The topological polar surface area (TPSA) is 63.6 Å². The van der Waals surface area contributed by atoms with Crippen LogP contribution in [0.15, 0.2) is 46.3 Å². The Labute approximate surface area is 204 Å². The highest BCUT2D eigenvalue weighted by Gasteiger charge is 2.67. The minimum absolute atomic E-state index is 0.0262. The van der Waals surface area contributed by atoms with E-state index in [0.717, 1.165) is 56.1 Å². The maximum atomic E-state index is 12.8. The maximum Gasteiger partial charge on any atom is 0.311 e. The molecule has 0 radical (unpaired) electrons. The van der Waals surface area contributed by atoms with Gasteiger partial charge < -0.3 is 9.84 Å². The van der Waals surface area contributed by atoms with Crippen molar-refractivity contribution in [3.8, 4) is 0 Å². The molecule has 0 unspecified atom stereocenters. The van der Waals surface area contributed by atoms with Crippen LogP contribution in [0, 0.1) is 33.0 Å². The fourth-order valence-electron chi connectivity index (χ4n) is 8.89. The third kappa shape index (κ3) is 2.72. The Morgan fingerprint density at radius 3 is 2.35 bits per heavy atom. The van der Waals surface area contributed by atoms with Gasteiger partial charge in [-0.2, -0.15) is 0 Å². The second kappa shape index (κ2) is 6.98. The third-order valence-electron chi connectivity index (χ3n) is 11.6. The van der Waals surface area contributed by atoms with E-state index in [2.05, 4.69) is 46.8 Å². The van der Waals surface area contributed by atoms with E-state index in [1.54, 1.807) is 6.08 Å². The van der Waals surface area contributed by atoms with E-state index in [4.69, 9.17) is 4.74 Å². The molecular formula is C30H40O4. The number of aliphatic hydroxyl groups is 1. The normalized spacial score (nSPS) is 45.7. The van der Waals surface area contributed by atoms with Crippen LogP contribution in [0.1, 0.15) is 86.5 Å². The lowest BCUT2D eigenvalue weighted by atomic mass is 9.34. The van der Waals surface area contributed by atoms with Gasteiger partial charge in [0.2, 0.25) is 5.78 Å². The van der Waals surface area contributed by atoms with Crippen molar-refractivity contribution in [3.63, 3.8) is 0 Å². The monoisotopic (exact) mass is 464 g/mol. The van der Waals surface area contributed by atoms with E-state index < -0.39 is 5.41 Å². The summed E-state index contributed by atoms with van der Waals surface area (Å²) in [4.78, 5) is 25.5. The van der Waals surface area contributed by atoms with Crippen molar-refractivity contribution in [1.29, 1.82) is 0 Å². The molecule has 4 heteroatoms. The summed E-state index contributed by atoms with van der Waals surface area (Å²) in [5.41, 5.74) is 3.82. The lowest BCUT2D eigenvalue weighted by Crippen LogP contribution is -2.62.